The lowest BCUT2D eigenvalue weighted by molar-refractivity contribution is 0.275. The van der Waals surface area contributed by atoms with Gasteiger partial charge in [-0.05, 0) is 0 Å². The lowest BCUT2D eigenvalue weighted by atomic mass is 10.4. The van der Waals surface area contributed by atoms with Crippen molar-refractivity contribution in [1.29, 1.82) is 0 Å². The molecule has 3 aromatic carbocycles. The predicted octanol–water partition coefficient (Wildman–Crippen LogP) is 3.21. The molecule has 0 saturated carbocycles. The summed E-state index contributed by atoms with van der Waals surface area (Å²) in [6.07, 6.45) is 0. The van der Waals surface area contributed by atoms with Crippen LogP contribution >= 0.6 is 7.82 Å². The normalized spacial score (nSPS) is 10.4. The van der Waals surface area contributed by atoms with Crippen LogP contribution in [0.15, 0.2) is 91.0 Å². The Morgan fingerprint density at radius 3 is 0.719 bits per heavy atom. The summed E-state index contributed by atoms with van der Waals surface area (Å²) >= 11 is 0. The molecule has 8 heteroatoms. The van der Waals surface area contributed by atoms with Crippen LogP contribution in [0, 0.1) is 0 Å². The minimum atomic E-state index is -4.64. The summed E-state index contributed by atoms with van der Waals surface area (Å²) in [5, 5.41) is 4.66. The molecule has 0 bridgehead atoms. The highest BCUT2D eigenvalue weighted by atomic mass is 31.2. The van der Waals surface area contributed by atoms with Crippen LogP contribution in [-0.2, 0) is 4.57 Å². The van der Waals surface area contributed by atoms with Crippen molar-refractivity contribution in [2.45, 2.75) is 39.3 Å². The van der Waals surface area contributed by atoms with Crippen LogP contribution in [0.1, 0.15) is 0 Å². The van der Waals surface area contributed by atoms with Crippen molar-refractivity contribution in [2.75, 3.05) is 0 Å². The average Bonchev–Trinajstić information content (AvgIpc) is 2.75. The topological polar surface area (TPSA) is 77.8 Å². The maximum atomic E-state index is 8.88. The number of rotatable bonds is 3. The van der Waals surface area contributed by atoms with Gasteiger partial charge in [0.25, 0.3) is 0 Å². The SMILES string of the molecule is C[SiH](C)c1ccccc1.C[SiH](C)c1ccccc1.C[SiH](C)c1ccccc1.O=P(O)(O)O. The van der Waals surface area contributed by atoms with E-state index in [1.165, 1.54) is 0 Å². The molecule has 4 nitrogen and oxygen atoms in total. The fourth-order valence-electron chi connectivity index (χ4n) is 2.51. The molecule has 0 heterocycles. The van der Waals surface area contributed by atoms with E-state index in [-0.39, 0.29) is 0 Å². The van der Waals surface area contributed by atoms with Crippen LogP contribution in [0.25, 0.3) is 0 Å². The summed E-state index contributed by atoms with van der Waals surface area (Å²) in [4.78, 5) is 21.6. The first-order chi connectivity index (χ1) is 14.9. The lowest BCUT2D eigenvalue weighted by Gasteiger charge is -1.99. The lowest BCUT2D eigenvalue weighted by Crippen LogP contribution is -2.21. The van der Waals surface area contributed by atoms with Gasteiger partial charge in [0, 0.05) is 0 Å². The van der Waals surface area contributed by atoms with E-state index in [1.54, 1.807) is 15.6 Å². The van der Waals surface area contributed by atoms with E-state index in [0.29, 0.717) is 0 Å². The number of hydrogen-bond acceptors (Lipinski definition) is 1. The fourth-order valence-corrected chi connectivity index (χ4v) is 5.49. The third-order valence-corrected chi connectivity index (χ3v) is 9.55. The summed E-state index contributed by atoms with van der Waals surface area (Å²) in [6, 6.07) is 32.2. The van der Waals surface area contributed by atoms with E-state index < -0.39 is 34.2 Å². The van der Waals surface area contributed by atoms with Gasteiger partial charge in [-0.1, -0.05) is 146 Å². The van der Waals surface area contributed by atoms with Gasteiger partial charge in [-0.15, -0.1) is 0 Å². The third-order valence-electron chi connectivity index (χ3n) is 4.40. The maximum absolute atomic E-state index is 8.88. The second-order valence-corrected chi connectivity index (χ2v) is 18.2. The Hall–Kier alpha value is -1.58. The smallest absolute Gasteiger partial charge is 0.303 e. The third kappa shape index (κ3) is 18.0. The van der Waals surface area contributed by atoms with Gasteiger partial charge in [0.05, 0.1) is 26.4 Å². The molecule has 3 rings (SSSR count). The first-order valence-electron chi connectivity index (χ1n) is 10.8. The number of benzene rings is 3. The van der Waals surface area contributed by atoms with Crippen molar-refractivity contribution in [2.24, 2.45) is 0 Å². The van der Waals surface area contributed by atoms with E-state index in [1.807, 2.05) is 0 Å². The maximum Gasteiger partial charge on any atom is 0.466 e. The van der Waals surface area contributed by atoms with Gasteiger partial charge in [-0.25, -0.2) is 4.57 Å². The molecular weight excluding hydrogens is 467 g/mol. The summed E-state index contributed by atoms with van der Waals surface area (Å²) in [6.45, 7) is 14.1. The Labute approximate surface area is 199 Å². The first-order valence-corrected chi connectivity index (χ1v) is 21.1. The van der Waals surface area contributed by atoms with Gasteiger partial charge in [-0.2, -0.15) is 0 Å². The molecule has 176 valence electrons. The van der Waals surface area contributed by atoms with Crippen molar-refractivity contribution in [3.8, 4) is 0 Å². The Morgan fingerprint density at radius 1 is 0.469 bits per heavy atom. The van der Waals surface area contributed by atoms with Crippen molar-refractivity contribution in [1.82, 2.24) is 0 Å². The molecule has 0 amide bonds. The Morgan fingerprint density at radius 2 is 0.625 bits per heavy atom. The first kappa shape index (κ1) is 30.4. The van der Waals surface area contributed by atoms with Gasteiger partial charge >= 0.3 is 7.82 Å². The standard InChI is InChI=1S/3C8H12Si.H3O4P/c3*1-9(2)8-6-4-3-5-7-8;1-5(2,3)4/h3*3-7,9H,1-2H3;(H3,1,2,3,4). The van der Waals surface area contributed by atoms with Gasteiger partial charge in [0.2, 0.25) is 0 Å². The largest absolute Gasteiger partial charge is 0.466 e. The fraction of sp³-hybridized carbons (Fsp3) is 0.250. The number of phosphoric acid groups is 1. The molecule has 0 aliphatic rings. The van der Waals surface area contributed by atoms with Crippen molar-refractivity contribution < 1.29 is 19.2 Å². The minimum Gasteiger partial charge on any atom is -0.303 e. The van der Waals surface area contributed by atoms with E-state index in [4.69, 9.17) is 19.2 Å². The van der Waals surface area contributed by atoms with Gasteiger partial charge in [-0.3, -0.25) is 0 Å². The summed E-state index contributed by atoms with van der Waals surface area (Å²) in [5.41, 5.74) is 0. The quantitative estimate of drug-likeness (QED) is 0.377. The predicted molar refractivity (Wildman–Crippen MR) is 149 cm³/mol. The molecule has 0 radical (unpaired) electrons. The van der Waals surface area contributed by atoms with E-state index >= 15 is 0 Å². The zero-order valence-electron chi connectivity index (χ0n) is 20.1. The molecule has 0 saturated heterocycles. The second kappa shape index (κ2) is 17.0. The van der Waals surface area contributed by atoms with Crippen LogP contribution in [0.3, 0.4) is 0 Å². The monoisotopic (exact) mass is 506 g/mol. The van der Waals surface area contributed by atoms with Gasteiger partial charge in [0.1, 0.15) is 0 Å². The zero-order valence-corrected chi connectivity index (χ0v) is 24.4. The van der Waals surface area contributed by atoms with Crippen LogP contribution in [-0.4, -0.2) is 41.1 Å². The summed E-state index contributed by atoms with van der Waals surface area (Å²) < 4.78 is 8.88. The zero-order chi connectivity index (χ0) is 24.6. The molecule has 0 atom stereocenters. The Balaban J connectivity index is 0.000000410. The highest BCUT2D eigenvalue weighted by Gasteiger charge is 2.00. The van der Waals surface area contributed by atoms with Crippen molar-refractivity contribution in [3.05, 3.63) is 91.0 Å². The average molecular weight is 507 g/mol. The van der Waals surface area contributed by atoms with Crippen LogP contribution < -0.4 is 15.6 Å². The van der Waals surface area contributed by atoms with Gasteiger partial charge in [0.15, 0.2) is 0 Å². The van der Waals surface area contributed by atoms with Crippen LogP contribution in [0.5, 0.6) is 0 Å². The highest BCUT2D eigenvalue weighted by molar-refractivity contribution is 7.45. The van der Waals surface area contributed by atoms with E-state index in [2.05, 4.69) is 130 Å². The second-order valence-electron chi connectivity index (χ2n) is 8.21. The van der Waals surface area contributed by atoms with Crippen LogP contribution in [0.2, 0.25) is 39.3 Å². The van der Waals surface area contributed by atoms with Crippen molar-refractivity contribution in [3.63, 3.8) is 0 Å². The molecule has 0 aromatic heterocycles. The van der Waals surface area contributed by atoms with E-state index in [0.717, 1.165) is 0 Å². The van der Waals surface area contributed by atoms with E-state index in [9.17, 15) is 0 Å². The molecule has 0 aliphatic heterocycles. The molecular formula is C24H39O4PSi3. The molecule has 3 aromatic rings. The summed E-state index contributed by atoms with van der Waals surface area (Å²) in [7, 11) is -6.23. The molecule has 0 unspecified atom stereocenters. The molecule has 0 spiro atoms. The Bertz CT molecular complexity index is 760. The molecule has 0 fully saturated rings. The molecule has 3 N–H and O–H groups in total. The summed E-state index contributed by atoms with van der Waals surface area (Å²) in [5.74, 6) is 0. The van der Waals surface area contributed by atoms with Crippen molar-refractivity contribution >= 4 is 49.8 Å². The molecule has 32 heavy (non-hydrogen) atoms. The number of hydrogen-bond donors (Lipinski definition) is 3. The van der Waals surface area contributed by atoms with Gasteiger partial charge < -0.3 is 14.7 Å². The highest BCUT2D eigenvalue weighted by Crippen LogP contribution is 2.25. The molecule has 0 aliphatic carbocycles. The Kier molecular flexibility index (Phi) is 16.1. The van der Waals surface area contributed by atoms with Crippen LogP contribution in [0.4, 0.5) is 0 Å². The minimum absolute atomic E-state index is 0.529.